The second-order valence-electron chi connectivity index (χ2n) is 15.3. The Kier molecular flexibility index (Phi) is 5.18. The first-order valence-corrected chi connectivity index (χ1v) is 14.0. The molecule has 192 valence electrons. The third kappa shape index (κ3) is 2.87. The molecule has 0 amide bonds. The van der Waals surface area contributed by atoms with E-state index in [1.165, 1.54) is 0 Å². The molecule has 0 saturated heterocycles. The van der Waals surface area contributed by atoms with Crippen LogP contribution in [0.3, 0.4) is 0 Å². The third-order valence-electron chi connectivity index (χ3n) is 13.7. The number of fused-ring (bicyclic) bond motifs is 7. The number of carboxylic acid groups (broad SMARTS) is 1. The number of hydrogen-bond donors (Lipinski definition) is 2. The van der Waals surface area contributed by atoms with E-state index in [1.807, 2.05) is 6.92 Å². The summed E-state index contributed by atoms with van der Waals surface area (Å²) < 4.78 is 0. The predicted octanol–water partition coefficient (Wildman–Crippen LogP) is 6.49. The molecule has 5 aliphatic rings. The van der Waals surface area contributed by atoms with E-state index in [0.717, 1.165) is 51.4 Å². The van der Waals surface area contributed by atoms with E-state index in [1.54, 1.807) is 0 Å². The lowest BCUT2D eigenvalue weighted by atomic mass is 9.31. The number of carbonyl (C=O) groups excluding carboxylic acids is 1. The first kappa shape index (κ1) is 24.8. The molecule has 5 rings (SSSR count). The van der Waals surface area contributed by atoms with Gasteiger partial charge in [-0.25, -0.2) is 0 Å². The maximum atomic E-state index is 14.3. The van der Waals surface area contributed by atoms with Gasteiger partial charge in [0.15, 0.2) is 0 Å². The molecule has 0 spiro atoms. The van der Waals surface area contributed by atoms with Crippen molar-refractivity contribution in [2.45, 2.75) is 119 Å². The quantitative estimate of drug-likeness (QED) is 0.457. The zero-order valence-corrected chi connectivity index (χ0v) is 22.7. The van der Waals surface area contributed by atoms with Crippen molar-refractivity contribution in [1.29, 1.82) is 0 Å². The van der Waals surface area contributed by atoms with Crippen molar-refractivity contribution in [3.63, 3.8) is 0 Å². The van der Waals surface area contributed by atoms with Crippen LogP contribution in [0.2, 0.25) is 0 Å². The molecule has 0 unspecified atom stereocenters. The fourth-order valence-electron chi connectivity index (χ4n) is 11.1. The lowest BCUT2D eigenvalue weighted by Crippen LogP contribution is -2.69. The van der Waals surface area contributed by atoms with Crippen LogP contribution in [0.5, 0.6) is 0 Å². The van der Waals surface area contributed by atoms with Crippen molar-refractivity contribution in [1.82, 2.24) is 0 Å². The van der Waals surface area contributed by atoms with Crippen LogP contribution in [0.1, 0.15) is 113 Å². The summed E-state index contributed by atoms with van der Waals surface area (Å²) in [5.41, 5.74) is -0.749. The van der Waals surface area contributed by atoms with Gasteiger partial charge in [0, 0.05) is 12.3 Å². The molecular weight excluding hydrogens is 424 g/mol. The number of aliphatic hydroxyl groups is 1. The molecule has 0 aromatic heterocycles. The van der Waals surface area contributed by atoms with Crippen molar-refractivity contribution in [3.05, 3.63) is 0 Å². The average Bonchev–Trinajstić information content (AvgIpc) is 2.73. The SMILES string of the molecule is CC1(C)[C@@H](O)CC[C@]2(C)[C@H]3C(=O)C[C@@H]4[C@@H]5C[C@@](C)(C(=O)O)CC[C@]5(C)CC[C@@]4(C)[C@]3(C)CC[C@@H]12. The standard InChI is InChI=1S/C30H48O4/c1-25(2)21-8-11-30(7)23(28(21,5)10-9-22(25)32)20(31)16-18-19-17-27(4,24(33)34)13-12-26(19,3)14-15-29(18,30)6/h18-19,21-23,32H,8-17H2,1-7H3,(H,33,34)/t18-,19+,21+,22+,23-,26-,27+,28+,29-,30-/m1/s1. The number of carbonyl (C=O) groups is 2. The summed E-state index contributed by atoms with van der Waals surface area (Å²) in [4.78, 5) is 26.5. The summed E-state index contributed by atoms with van der Waals surface area (Å²) in [5, 5.41) is 20.9. The molecule has 0 heterocycles. The number of aliphatic carboxylic acids is 1. The topological polar surface area (TPSA) is 74.6 Å². The highest BCUT2D eigenvalue weighted by Gasteiger charge is 2.72. The fraction of sp³-hybridized carbons (Fsp3) is 0.933. The zero-order valence-electron chi connectivity index (χ0n) is 22.7. The van der Waals surface area contributed by atoms with Crippen molar-refractivity contribution in [2.24, 2.45) is 56.2 Å². The van der Waals surface area contributed by atoms with Gasteiger partial charge in [0.05, 0.1) is 11.5 Å². The number of ketones is 1. The molecule has 5 aliphatic carbocycles. The van der Waals surface area contributed by atoms with E-state index in [4.69, 9.17) is 0 Å². The van der Waals surface area contributed by atoms with Crippen molar-refractivity contribution < 1.29 is 19.8 Å². The molecule has 0 bridgehead atoms. The van der Waals surface area contributed by atoms with Crippen LogP contribution in [0.15, 0.2) is 0 Å². The van der Waals surface area contributed by atoms with Crippen molar-refractivity contribution >= 4 is 11.8 Å². The van der Waals surface area contributed by atoms with Gasteiger partial charge in [-0.1, -0.05) is 41.5 Å². The summed E-state index contributed by atoms with van der Waals surface area (Å²) in [6.07, 6.45) is 8.93. The first-order chi connectivity index (χ1) is 15.6. The maximum Gasteiger partial charge on any atom is 0.309 e. The molecule has 4 heteroatoms. The van der Waals surface area contributed by atoms with Gasteiger partial charge in [-0.05, 0) is 110 Å². The minimum Gasteiger partial charge on any atom is -0.481 e. The Balaban J connectivity index is 1.57. The van der Waals surface area contributed by atoms with E-state index < -0.39 is 11.4 Å². The van der Waals surface area contributed by atoms with E-state index in [2.05, 4.69) is 41.5 Å². The minimum atomic E-state index is -0.670. The number of aliphatic hydroxyl groups excluding tert-OH is 1. The molecule has 5 saturated carbocycles. The zero-order chi connectivity index (χ0) is 25.1. The summed E-state index contributed by atoms with van der Waals surface area (Å²) in [6, 6.07) is 0. The van der Waals surface area contributed by atoms with Crippen molar-refractivity contribution in [2.75, 3.05) is 0 Å². The lowest BCUT2D eigenvalue weighted by molar-refractivity contribution is -0.242. The van der Waals surface area contributed by atoms with Crippen LogP contribution in [0, 0.1) is 56.2 Å². The van der Waals surface area contributed by atoms with Gasteiger partial charge >= 0.3 is 5.97 Å². The minimum absolute atomic E-state index is 0.0468. The predicted molar refractivity (Wildman–Crippen MR) is 133 cm³/mol. The van der Waals surface area contributed by atoms with Crippen LogP contribution >= 0.6 is 0 Å². The first-order valence-electron chi connectivity index (χ1n) is 14.0. The Morgan fingerprint density at radius 2 is 1.47 bits per heavy atom. The Bertz CT molecular complexity index is 909. The van der Waals surface area contributed by atoms with E-state index in [0.29, 0.717) is 30.5 Å². The van der Waals surface area contributed by atoms with Crippen molar-refractivity contribution in [3.8, 4) is 0 Å². The Hall–Kier alpha value is -0.900. The fourth-order valence-corrected chi connectivity index (χ4v) is 11.1. The van der Waals surface area contributed by atoms with E-state index in [9.17, 15) is 19.8 Å². The van der Waals surface area contributed by atoms with Crippen LogP contribution in [-0.4, -0.2) is 28.1 Å². The molecule has 10 atom stereocenters. The number of rotatable bonds is 1. The largest absolute Gasteiger partial charge is 0.481 e. The number of hydrogen-bond acceptors (Lipinski definition) is 3. The summed E-state index contributed by atoms with van der Waals surface area (Å²) in [7, 11) is 0. The summed E-state index contributed by atoms with van der Waals surface area (Å²) in [5.74, 6) is 0.773. The van der Waals surface area contributed by atoms with E-state index >= 15 is 0 Å². The Labute approximate surface area is 206 Å². The molecule has 2 N–H and O–H groups in total. The molecule has 0 aromatic carbocycles. The second kappa shape index (κ2) is 7.11. The highest BCUT2D eigenvalue weighted by molar-refractivity contribution is 5.85. The molecular formula is C30H48O4. The van der Waals surface area contributed by atoms with Gasteiger partial charge < -0.3 is 10.2 Å². The number of carboxylic acids is 1. The molecule has 0 aromatic rings. The van der Waals surface area contributed by atoms with E-state index in [-0.39, 0.29) is 45.0 Å². The van der Waals surface area contributed by atoms with Gasteiger partial charge in [0.1, 0.15) is 5.78 Å². The van der Waals surface area contributed by atoms with Gasteiger partial charge in [0.2, 0.25) is 0 Å². The van der Waals surface area contributed by atoms with Crippen LogP contribution in [0.4, 0.5) is 0 Å². The van der Waals surface area contributed by atoms with Gasteiger partial charge in [-0.15, -0.1) is 0 Å². The molecule has 5 fully saturated rings. The normalized spacial score (nSPS) is 56.5. The average molecular weight is 473 g/mol. The lowest BCUT2D eigenvalue weighted by Gasteiger charge is -2.72. The third-order valence-corrected chi connectivity index (χ3v) is 13.7. The Morgan fingerprint density at radius 1 is 0.824 bits per heavy atom. The molecule has 0 radical (unpaired) electrons. The molecule has 34 heavy (non-hydrogen) atoms. The second-order valence-corrected chi connectivity index (χ2v) is 15.3. The Morgan fingerprint density at radius 3 is 2.12 bits per heavy atom. The summed E-state index contributed by atoms with van der Waals surface area (Å²) >= 11 is 0. The highest BCUT2D eigenvalue weighted by atomic mass is 16.4. The van der Waals surface area contributed by atoms with Gasteiger partial charge in [-0.2, -0.15) is 0 Å². The molecule has 4 nitrogen and oxygen atoms in total. The van der Waals surface area contributed by atoms with Gasteiger partial charge in [-0.3, -0.25) is 9.59 Å². The number of Topliss-reactive ketones (excluding diaryl/α,β-unsaturated/α-hetero) is 1. The highest BCUT2D eigenvalue weighted by Crippen LogP contribution is 2.76. The van der Waals surface area contributed by atoms with Crippen LogP contribution in [0.25, 0.3) is 0 Å². The maximum absolute atomic E-state index is 14.3. The van der Waals surface area contributed by atoms with Crippen LogP contribution in [-0.2, 0) is 9.59 Å². The van der Waals surface area contributed by atoms with Gasteiger partial charge in [0.25, 0.3) is 0 Å². The molecule has 0 aliphatic heterocycles. The summed E-state index contributed by atoms with van der Waals surface area (Å²) in [6.45, 7) is 16.1. The van der Waals surface area contributed by atoms with Crippen LogP contribution < -0.4 is 0 Å². The smallest absolute Gasteiger partial charge is 0.309 e. The monoisotopic (exact) mass is 472 g/mol.